The number of aliphatic hydroxyl groups excluding tert-OH is 1. The number of allylic oxidation sites excluding steroid dienone is 4. The van der Waals surface area contributed by atoms with E-state index in [2.05, 4.69) is 20.4 Å². The van der Waals surface area contributed by atoms with Crippen LogP contribution in [0.25, 0.3) is 0 Å². The summed E-state index contributed by atoms with van der Waals surface area (Å²) in [7, 11) is 0. The van der Waals surface area contributed by atoms with Crippen LogP contribution < -0.4 is 0 Å². The maximum Gasteiger partial charge on any atom is 0.336 e. The second-order valence-corrected chi connectivity index (χ2v) is 4.20. The molecule has 0 fully saturated rings. The van der Waals surface area contributed by atoms with E-state index in [-0.39, 0.29) is 7.43 Å². The van der Waals surface area contributed by atoms with Gasteiger partial charge in [-0.1, -0.05) is 73.8 Å². The summed E-state index contributed by atoms with van der Waals surface area (Å²) in [6.07, 6.45) is 4.63. The van der Waals surface area contributed by atoms with Crippen molar-refractivity contribution in [3.8, 4) is 0 Å². The van der Waals surface area contributed by atoms with Crippen molar-refractivity contribution in [2.24, 2.45) is 5.92 Å². The number of carbonyl (C=O) groups is 1. The quantitative estimate of drug-likeness (QED) is 0.661. The number of hydrogen-bond acceptors (Lipinski definition) is 2. The normalized spacial score (nSPS) is 12.0. The lowest BCUT2D eigenvalue weighted by Gasteiger charge is -2.06. The topological polar surface area (TPSA) is 57.5 Å². The van der Waals surface area contributed by atoms with Crippen molar-refractivity contribution in [1.29, 1.82) is 0 Å². The molecule has 0 heterocycles. The lowest BCUT2D eigenvalue weighted by molar-refractivity contribution is -0.144. The van der Waals surface area contributed by atoms with Crippen LogP contribution in [0.1, 0.15) is 62.3 Å². The van der Waals surface area contributed by atoms with Crippen LogP contribution in [0.5, 0.6) is 0 Å². The maximum absolute atomic E-state index is 10.5. The van der Waals surface area contributed by atoms with E-state index in [4.69, 9.17) is 5.11 Å². The third kappa shape index (κ3) is 16.6. The number of carboxylic acid groups (broad SMARTS) is 1. The van der Waals surface area contributed by atoms with Gasteiger partial charge in [0.05, 0.1) is 0 Å². The Labute approximate surface area is 132 Å². The predicted molar refractivity (Wildman–Crippen MR) is 94.6 cm³/mol. The minimum Gasteiger partial charge on any atom is -0.479 e. The molecule has 0 spiro atoms. The summed E-state index contributed by atoms with van der Waals surface area (Å²) < 4.78 is 0. The molecular weight excluding hydrogens is 264 g/mol. The molecule has 0 aliphatic heterocycles. The van der Waals surface area contributed by atoms with Crippen LogP contribution in [0.15, 0.2) is 36.0 Å². The second kappa shape index (κ2) is 18.7. The summed E-state index contributed by atoms with van der Waals surface area (Å²) in [5.74, 6) is -0.714. The third-order valence-corrected chi connectivity index (χ3v) is 2.13. The maximum atomic E-state index is 10.5. The number of hydrogen-bond donors (Lipinski definition) is 2. The highest BCUT2D eigenvalue weighted by atomic mass is 16.4. The minimum atomic E-state index is -1.43. The van der Waals surface area contributed by atoms with Crippen molar-refractivity contribution in [2.75, 3.05) is 0 Å². The lowest BCUT2D eigenvalue weighted by atomic mass is 10.0. The molecular formula is C18H36O3. The molecule has 0 saturated carbocycles. The fourth-order valence-corrected chi connectivity index (χ4v) is 1.22. The summed E-state index contributed by atoms with van der Waals surface area (Å²) in [4.78, 5) is 10.5. The molecule has 0 aromatic carbocycles. The molecule has 0 aromatic rings. The van der Waals surface area contributed by atoms with Gasteiger partial charge in [-0.05, 0) is 30.4 Å². The van der Waals surface area contributed by atoms with Gasteiger partial charge in [0.25, 0.3) is 0 Å². The van der Waals surface area contributed by atoms with Gasteiger partial charge in [-0.25, -0.2) is 4.79 Å². The number of carboxylic acids is 1. The van der Waals surface area contributed by atoms with Crippen LogP contribution in [-0.4, -0.2) is 22.3 Å². The van der Waals surface area contributed by atoms with Gasteiger partial charge in [0.2, 0.25) is 0 Å². The molecule has 2 N–H and O–H groups in total. The molecule has 1 unspecified atom stereocenters. The van der Waals surface area contributed by atoms with Crippen LogP contribution in [0.3, 0.4) is 0 Å². The number of aliphatic carboxylic acids is 1. The van der Waals surface area contributed by atoms with E-state index >= 15 is 0 Å². The van der Waals surface area contributed by atoms with Crippen molar-refractivity contribution in [3.05, 3.63) is 36.0 Å². The molecule has 0 bridgehead atoms. The van der Waals surface area contributed by atoms with E-state index in [0.29, 0.717) is 11.5 Å². The Kier molecular flexibility index (Phi) is 24.8. The molecule has 0 rings (SSSR count). The first-order valence-corrected chi connectivity index (χ1v) is 7.29. The van der Waals surface area contributed by atoms with Gasteiger partial charge >= 0.3 is 5.97 Å². The van der Waals surface area contributed by atoms with Crippen LogP contribution in [-0.2, 0) is 4.79 Å². The molecule has 0 aliphatic rings. The van der Waals surface area contributed by atoms with Crippen molar-refractivity contribution in [2.45, 2.75) is 68.4 Å². The van der Waals surface area contributed by atoms with Crippen molar-refractivity contribution < 1.29 is 15.0 Å². The van der Waals surface area contributed by atoms with Crippen LogP contribution in [0, 0.1) is 5.92 Å². The molecule has 0 radical (unpaired) electrons. The second-order valence-electron chi connectivity index (χ2n) is 4.20. The summed E-state index contributed by atoms with van der Waals surface area (Å²) in [5, 5.41) is 17.8. The highest BCUT2D eigenvalue weighted by molar-refractivity contribution is 5.75. The van der Waals surface area contributed by atoms with Crippen molar-refractivity contribution in [3.63, 3.8) is 0 Å². The molecule has 21 heavy (non-hydrogen) atoms. The molecule has 126 valence electrons. The van der Waals surface area contributed by atoms with Crippen LogP contribution in [0.2, 0.25) is 0 Å². The molecule has 3 heteroatoms. The monoisotopic (exact) mass is 300 g/mol. The standard InChI is InChI=1S/C13H20O3.2C2H6.CH4/c1-5-11(8-9(2)3)7-6-10(4)12(14)13(15)16;2*1-2;/h5-7,9,12,14H,1,8H2,2-4H3,(H,15,16);2*1-2H3;1H4/b10-6+,11-7+;;;. The Balaban J connectivity index is -0.000000264. The summed E-state index contributed by atoms with van der Waals surface area (Å²) >= 11 is 0. The van der Waals surface area contributed by atoms with Gasteiger partial charge in [0.1, 0.15) is 0 Å². The van der Waals surface area contributed by atoms with Crippen LogP contribution >= 0.6 is 0 Å². The fraction of sp³-hybridized carbons (Fsp3) is 0.611. The highest BCUT2D eigenvalue weighted by Gasteiger charge is 2.13. The minimum absolute atomic E-state index is 0. The van der Waals surface area contributed by atoms with Gasteiger partial charge in [-0.3, -0.25) is 0 Å². The first kappa shape index (κ1) is 27.9. The third-order valence-electron chi connectivity index (χ3n) is 2.13. The zero-order valence-corrected chi connectivity index (χ0v) is 14.1. The Hall–Kier alpha value is -1.35. The van der Waals surface area contributed by atoms with Gasteiger partial charge in [-0.15, -0.1) is 0 Å². The van der Waals surface area contributed by atoms with Gasteiger partial charge < -0.3 is 10.2 Å². The predicted octanol–water partition coefficient (Wildman–Crippen LogP) is 5.23. The van der Waals surface area contributed by atoms with E-state index in [1.807, 2.05) is 27.7 Å². The Bertz CT molecular complexity index is 312. The smallest absolute Gasteiger partial charge is 0.336 e. The molecule has 0 aliphatic carbocycles. The zero-order chi connectivity index (χ0) is 16.7. The number of rotatable bonds is 6. The Morgan fingerprint density at radius 1 is 1.14 bits per heavy atom. The summed E-state index contributed by atoms with van der Waals surface area (Å²) in [6, 6.07) is 0. The molecule has 3 nitrogen and oxygen atoms in total. The lowest BCUT2D eigenvalue weighted by Crippen LogP contribution is -2.20. The molecule has 0 amide bonds. The molecule has 0 saturated heterocycles. The van der Waals surface area contributed by atoms with Gasteiger partial charge in [0.15, 0.2) is 6.10 Å². The average molecular weight is 300 g/mol. The van der Waals surface area contributed by atoms with E-state index < -0.39 is 12.1 Å². The van der Waals surface area contributed by atoms with Crippen LogP contribution in [0.4, 0.5) is 0 Å². The average Bonchev–Trinajstić information content (AvgIpc) is 2.45. The first-order valence-electron chi connectivity index (χ1n) is 7.29. The van der Waals surface area contributed by atoms with Crippen molar-refractivity contribution >= 4 is 5.97 Å². The first-order chi connectivity index (χ1) is 9.38. The summed E-state index contributed by atoms with van der Waals surface area (Å²) in [5.41, 5.74) is 1.45. The largest absolute Gasteiger partial charge is 0.479 e. The van der Waals surface area contributed by atoms with Crippen molar-refractivity contribution in [1.82, 2.24) is 0 Å². The Morgan fingerprint density at radius 3 is 1.86 bits per heavy atom. The SMILES string of the molecule is C.C=C/C(=C\C=C(/C)C(O)C(=O)O)CC(C)C.CC.CC. The molecule has 1 atom stereocenters. The van der Waals surface area contributed by atoms with Gasteiger partial charge in [0, 0.05) is 0 Å². The van der Waals surface area contributed by atoms with E-state index in [9.17, 15) is 9.90 Å². The molecule has 0 aromatic heterocycles. The number of aliphatic hydroxyl groups is 1. The fourth-order valence-electron chi connectivity index (χ4n) is 1.22. The van der Waals surface area contributed by atoms with E-state index in [1.54, 1.807) is 25.2 Å². The van der Waals surface area contributed by atoms with E-state index in [1.165, 1.54) is 0 Å². The zero-order valence-electron chi connectivity index (χ0n) is 14.1. The highest BCUT2D eigenvalue weighted by Crippen LogP contribution is 2.12. The Morgan fingerprint density at radius 2 is 1.57 bits per heavy atom. The van der Waals surface area contributed by atoms with E-state index in [0.717, 1.165) is 12.0 Å². The summed E-state index contributed by atoms with van der Waals surface area (Å²) in [6.45, 7) is 17.5. The van der Waals surface area contributed by atoms with Gasteiger partial charge in [-0.2, -0.15) is 0 Å².